The van der Waals surface area contributed by atoms with E-state index >= 15 is 0 Å². The first kappa shape index (κ1) is 17.0. The zero-order chi connectivity index (χ0) is 16.8. The Morgan fingerprint density at radius 1 is 1.22 bits per heavy atom. The molecule has 0 spiro atoms. The first-order valence-electron chi connectivity index (χ1n) is 7.86. The van der Waals surface area contributed by atoms with E-state index in [4.69, 9.17) is 4.74 Å². The maximum atomic E-state index is 11.8. The molecule has 6 heteroatoms. The Morgan fingerprint density at radius 3 is 2.57 bits per heavy atom. The highest BCUT2D eigenvalue weighted by Crippen LogP contribution is 2.24. The summed E-state index contributed by atoms with van der Waals surface area (Å²) in [6.07, 6.45) is 3.20. The van der Waals surface area contributed by atoms with Crippen LogP contribution >= 0.6 is 0 Å². The standard InChI is InChI=1S/C17H22N2O4/c1-3-4-16(21)19-13-7-8-15(14(9-13)11(2)20)23-10-17(22)18-12-5-6-12/h7-9,12H,3-6,10H2,1-2H3,(H,18,22)(H,19,21). The maximum Gasteiger partial charge on any atom is 0.258 e. The van der Waals surface area contributed by atoms with Crippen LogP contribution in [0.5, 0.6) is 5.75 Å². The molecule has 0 saturated heterocycles. The molecule has 1 aliphatic carbocycles. The van der Waals surface area contributed by atoms with E-state index in [-0.39, 0.29) is 30.2 Å². The van der Waals surface area contributed by atoms with Gasteiger partial charge in [-0.25, -0.2) is 0 Å². The highest BCUT2D eigenvalue weighted by molar-refractivity contribution is 5.99. The third-order valence-electron chi connectivity index (χ3n) is 3.42. The minimum absolute atomic E-state index is 0.0977. The minimum atomic E-state index is -0.192. The summed E-state index contributed by atoms with van der Waals surface area (Å²) in [7, 11) is 0. The normalized spacial score (nSPS) is 13.3. The molecule has 0 aromatic heterocycles. The van der Waals surface area contributed by atoms with Gasteiger partial charge in [-0.05, 0) is 44.4 Å². The molecule has 1 aromatic carbocycles. The lowest BCUT2D eigenvalue weighted by Crippen LogP contribution is -2.30. The van der Waals surface area contributed by atoms with E-state index in [0.29, 0.717) is 23.4 Å². The smallest absolute Gasteiger partial charge is 0.258 e. The molecular weight excluding hydrogens is 296 g/mol. The molecule has 0 atom stereocenters. The number of rotatable bonds is 8. The number of hydrogen-bond acceptors (Lipinski definition) is 4. The predicted octanol–water partition coefficient (Wildman–Crippen LogP) is 2.29. The molecule has 2 N–H and O–H groups in total. The lowest BCUT2D eigenvalue weighted by Gasteiger charge is -2.12. The van der Waals surface area contributed by atoms with E-state index in [0.717, 1.165) is 19.3 Å². The largest absolute Gasteiger partial charge is 0.483 e. The summed E-state index contributed by atoms with van der Waals surface area (Å²) in [5, 5.41) is 5.56. The van der Waals surface area contributed by atoms with E-state index < -0.39 is 0 Å². The molecule has 0 unspecified atom stereocenters. The molecule has 0 bridgehead atoms. The summed E-state index contributed by atoms with van der Waals surface area (Å²) in [5.41, 5.74) is 0.891. The van der Waals surface area contributed by atoms with Crippen molar-refractivity contribution in [3.05, 3.63) is 23.8 Å². The molecule has 1 aliphatic rings. The van der Waals surface area contributed by atoms with Crippen molar-refractivity contribution >= 4 is 23.3 Å². The number of benzene rings is 1. The molecular formula is C17H22N2O4. The van der Waals surface area contributed by atoms with Crippen molar-refractivity contribution in [2.45, 2.75) is 45.6 Å². The van der Waals surface area contributed by atoms with Crippen LogP contribution in [0.15, 0.2) is 18.2 Å². The zero-order valence-corrected chi connectivity index (χ0v) is 13.5. The number of ether oxygens (including phenoxy) is 1. The summed E-state index contributed by atoms with van der Waals surface area (Å²) in [6.45, 7) is 3.21. The Hall–Kier alpha value is -2.37. The number of anilines is 1. The average Bonchev–Trinajstić information content (AvgIpc) is 3.29. The van der Waals surface area contributed by atoms with Gasteiger partial charge in [-0.2, -0.15) is 0 Å². The summed E-state index contributed by atoms with van der Waals surface area (Å²) in [5.74, 6) is -0.132. The van der Waals surface area contributed by atoms with Crippen LogP contribution in [0.1, 0.15) is 49.9 Å². The fourth-order valence-electron chi connectivity index (χ4n) is 2.10. The molecule has 0 aliphatic heterocycles. The SMILES string of the molecule is CCCC(=O)Nc1ccc(OCC(=O)NC2CC2)c(C(C)=O)c1. The van der Waals surface area contributed by atoms with Gasteiger partial charge in [0.05, 0.1) is 5.56 Å². The molecule has 0 radical (unpaired) electrons. The highest BCUT2D eigenvalue weighted by atomic mass is 16.5. The second-order valence-corrected chi connectivity index (χ2v) is 5.70. The average molecular weight is 318 g/mol. The second-order valence-electron chi connectivity index (χ2n) is 5.70. The second kappa shape index (κ2) is 7.76. The van der Waals surface area contributed by atoms with Crippen LogP contribution in [0.3, 0.4) is 0 Å². The van der Waals surface area contributed by atoms with E-state index in [2.05, 4.69) is 10.6 Å². The first-order valence-corrected chi connectivity index (χ1v) is 7.86. The topological polar surface area (TPSA) is 84.5 Å². The summed E-state index contributed by atoms with van der Waals surface area (Å²) >= 11 is 0. The van der Waals surface area contributed by atoms with Crippen LogP contribution in [0.2, 0.25) is 0 Å². The molecule has 1 aromatic rings. The Labute approximate surface area is 135 Å². The number of hydrogen-bond donors (Lipinski definition) is 2. The van der Waals surface area contributed by atoms with Gasteiger partial charge in [-0.3, -0.25) is 14.4 Å². The molecule has 124 valence electrons. The third-order valence-corrected chi connectivity index (χ3v) is 3.42. The Morgan fingerprint density at radius 2 is 1.96 bits per heavy atom. The van der Waals surface area contributed by atoms with Crippen LogP contribution in [0.4, 0.5) is 5.69 Å². The minimum Gasteiger partial charge on any atom is -0.483 e. The predicted molar refractivity (Wildman–Crippen MR) is 86.6 cm³/mol. The summed E-state index contributed by atoms with van der Waals surface area (Å²) in [6, 6.07) is 5.11. The van der Waals surface area contributed by atoms with E-state index in [1.165, 1.54) is 6.92 Å². The van der Waals surface area contributed by atoms with Gasteiger partial charge < -0.3 is 15.4 Å². The molecule has 2 amide bonds. The molecule has 1 saturated carbocycles. The van der Waals surface area contributed by atoms with Crippen molar-refractivity contribution in [2.75, 3.05) is 11.9 Å². The van der Waals surface area contributed by atoms with E-state index in [1.807, 2.05) is 6.92 Å². The van der Waals surface area contributed by atoms with Gasteiger partial charge in [0.25, 0.3) is 5.91 Å². The van der Waals surface area contributed by atoms with Crippen molar-refractivity contribution in [1.82, 2.24) is 5.32 Å². The first-order chi connectivity index (χ1) is 11.0. The monoisotopic (exact) mass is 318 g/mol. The van der Waals surface area contributed by atoms with Crippen molar-refractivity contribution in [2.24, 2.45) is 0 Å². The van der Waals surface area contributed by atoms with Gasteiger partial charge in [0, 0.05) is 18.2 Å². The Balaban J connectivity index is 2.01. The van der Waals surface area contributed by atoms with Crippen LogP contribution in [0.25, 0.3) is 0 Å². The quantitative estimate of drug-likeness (QED) is 0.720. The van der Waals surface area contributed by atoms with Gasteiger partial charge in [0.2, 0.25) is 5.91 Å². The van der Waals surface area contributed by atoms with Crippen LogP contribution in [-0.2, 0) is 9.59 Å². The summed E-state index contributed by atoms with van der Waals surface area (Å²) < 4.78 is 5.45. The zero-order valence-electron chi connectivity index (χ0n) is 13.5. The van der Waals surface area contributed by atoms with Crippen molar-refractivity contribution < 1.29 is 19.1 Å². The number of amides is 2. The number of carbonyl (C=O) groups is 3. The molecule has 2 rings (SSSR count). The van der Waals surface area contributed by atoms with Crippen LogP contribution in [-0.4, -0.2) is 30.2 Å². The fraction of sp³-hybridized carbons (Fsp3) is 0.471. The molecule has 6 nitrogen and oxygen atoms in total. The van der Waals surface area contributed by atoms with Gasteiger partial charge in [-0.15, -0.1) is 0 Å². The van der Waals surface area contributed by atoms with E-state index in [1.54, 1.807) is 18.2 Å². The van der Waals surface area contributed by atoms with Crippen molar-refractivity contribution in [3.8, 4) is 5.75 Å². The lowest BCUT2D eigenvalue weighted by atomic mass is 10.1. The fourth-order valence-corrected chi connectivity index (χ4v) is 2.10. The lowest BCUT2D eigenvalue weighted by molar-refractivity contribution is -0.123. The summed E-state index contributed by atoms with van der Waals surface area (Å²) in [4.78, 5) is 35.0. The third kappa shape index (κ3) is 5.39. The highest BCUT2D eigenvalue weighted by Gasteiger charge is 2.23. The Bertz CT molecular complexity index is 609. The van der Waals surface area contributed by atoms with Gasteiger partial charge in [0.15, 0.2) is 12.4 Å². The van der Waals surface area contributed by atoms with Crippen molar-refractivity contribution in [3.63, 3.8) is 0 Å². The maximum absolute atomic E-state index is 11.8. The number of ketones is 1. The molecule has 0 heterocycles. The van der Waals surface area contributed by atoms with Crippen LogP contribution in [0, 0.1) is 0 Å². The van der Waals surface area contributed by atoms with Gasteiger partial charge in [0.1, 0.15) is 5.75 Å². The number of nitrogens with one attached hydrogen (secondary N) is 2. The van der Waals surface area contributed by atoms with Gasteiger partial charge in [-0.1, -0.05) is 6.92 Å². The number of Topliss-reactive ketones (excluding diaryl/α,β-unsaturated/α-hetero) is 1. The van der Waals surface area contributed by atoms with Crippen molar-refractivity contribution in [1.29, 1.82) is 0 Å². The Kier molecular flexibility index (Phi) is 5.73. The van der Waals surface area contributed by atoms with Crippen LogP contribution < -0.4 is 15.4 Å². The number of carbonyl (C=O) groups excluding carboxylic acids is 3. The van der Waals surface area contributed by atoms with Gasteiger partial charge >= 0.3 is 0 Å². The molecule has 1 fully saturated rings. The van der Waals surface area contributed by atoms with E-state index in [9.17, 15) is 14.4 Å². The molecule has 23 heavy (non-hydrogen) atoms.